The van der Waals surface area contributed by atoms with Gasteiger partial charge in [-0.2, -0.15) is 22.0 Å². The number of urea groups is 1. The van der Waals surface area contributed by atoms with Crippen LogP contribution in [0.5, 0.6) is 11.5 Å². The number of hydrogen-bond donors (Lipinski definition) is 1. The molecule has 0 saturated carbocycles. The van der Waals surface area contributed by atoms with E-state index in [4.69, 9.17) is 4.74 Å². The van der Waals surface area contributed by atoms with Crippen LogP contribution in [0.15, 0.2) is 60.7 Å². The van der Waals surface area contributed by atoms with E-state index in [0.717, 1.165) is 0 Å². The van der Waals surface area contributed by atoms with Crippen LogP contribution in [0.25, 0.3) is 0 Å². The molecule has 1 aromatic heterocycles. The first-order chi connectivity index (χ1) is 16.6. The van der Waals surface area contributed by atoms with Gasteiger partial charge < -0.3 is 14.8 Å². The first-order valence-electron chi connectivity index (χ1n) is 10.3. The molecule has 0 bridgehead atoms. The van der Waals surface area contributed by atoms with Gasteiger partial charge >= 0.3 is 18.8 Å². The smallest absolute Gasteiger partial charge is 0.405 e. The lowest BCUT2D eigenvalue weighted by Gasteiger charge is -2.36. The maximum Gasteiger partial charge on any atom is 0.405 e. The van der Waals surface area contributed by atoms with Gasteiger partial charge in [0.25, 0.3) is 0 Å². The fourth-order valence-electron chi connectivity index (χ4n) is 3.51. The molecule has 0 saturated heterocycles. The van der Waals surface area contributed by atoms with Gasteiger partial charge in [-0.1, -0.05) is 0 Å². The molecule has 1 aliphatic rings. The number of pyridine rings is 1. The van der Waals surface area contributed by atoms with Gasteiger partial charge in [-0.3, -0.25) is 4.90 Å². The molecule has 0 spiro atoms. The van der Waals surface area contributed by atoms with E-state index in [1.807, 2.05) is 0 Å². The molecule has 2 amide bonds. The zero-order valence-electron chi connectivity index (χ0n) is 18.2. The number of carbonyl (C=O) groups is 1. The third-order valence-electron chi connectivity index (χ3n) is 5.09. The maximum atomic E-state index is 13.6. The average molecular weight is 494 g/mol. The van der Waals surface area contributed by atoms with Crippen LogP contribution in [-0.2, 0) is 6.54 Å². The molecule has 0 aliphatic carbocycles. The van der Waals surface area contributed by atoms with Crippen molar-refractivity contribution in [3.63, 3.8) is 0 Å². The van der Waals surface area contributed by atoms with Crippen molar-refractivity contribution in [1.82, 2.24) is 4.98 Å². The number of rotatable bonds is 7. The van der Waals surface area contributed by atoms with Gasteiger partial charge in [-0.05, 0) is 60.7 Å². The summed E-state index contributed by atoms with van der Waals surface area (Å²) in [4.78, 5) is 20.5. The number of ether oxygens (including phenoxy) is 2. The average Bonchev–Trinajstić information content (AvgIpc) is 2.82. The first kappa shape index (κ1) is 24.0. The quantitative estimate of drug-likeness (QED) is 0.412. The molecule has 35 heavy (non-hydrogen) atoms. The van der Waals surface area contributed by atoms with Crippen LogP contribution in [-0.4, -0.2) is 37.5 Å². The second-order valence-electron chi connectivity index (χ2n) is 7.42. The summed E-state index contributed by atoms with van der Waals surface area (Å²) in [5.74, 6) is 0.519. The molecular weight excluding hydrogens is 475 g/mol. The predicted octanol–water partition coefficient (Wildman–Crippen LogP) is 5.94. The molecule has 7 nitrogen and oxygen atoms in total. The van der Waals surface area contributed by atoms with Gasteiger partial charge in [0.1, 0.15) is 29.7 Å². The van der Waals surface area contributed by atoms with Crippen molar-refractivity contribution in [2.45, 2.75) is 19.3 Å². The van der Waals surface area contributed by atoms with E-state index in [-0.39, 0.29) is 29.6 Å². The third-order valence-corrected chi connectivity index (χ3v) is 5.09. The van der Waals surface area contributed by atoms with Gasteiger partial charge in [0, 0.05) is 11.3 Å². The number of amides is 2. The highest BCUT2D eigenvalue weighted by atomic mass is 19.4. The molecule has 0 atom stereocenters. The van der Waals surface area contributed by atoms with Crippen molar-refractivity contribution in [2.75, 3.05) is 28.8 Å². The molecule has 184 valence electrons. The largest absolute Gasteiger partial charge is 0.497 e. The van der Waals surface area contributed by atoms with Crippen LogP contribution in [0.2, 0.25) is 0 Å². The molecule has 0 unspecified atom stereocenters. The Bertz CT molecular complexity index is 1190. The lowest BCUT2D eigenvalue weighted by molar-refractivity contribution is -0.115. The summed E-state index contributed by atoms with van der Waals surface area (Å²) in [5, 5.41) is 2.20. The van der Waals surface area contributed by atoms with E-state index < -0.39 is 25.4 Å². The minimum absolute atomic E-state index is 0.0746. The van der Waals surface area contributed by atoms with Crippen LogP contribution in [0.4, 0.5) is 49.8 Å². The lowest BCUT2D eigenvalue weighted by atomic mass is 10.1. The van der Waals surface area contributed by atoms with Gasteiger partial charge in [0.05, 0.1) is 19.3 Å². The Hall–Kier alpha value is -4.09. The monoisotopic (exact) mass is 494 g/mol. The SMILES string of the molecule is COc1ccc(N2Cc3ccc(NCC(F)(F)F)nc3N(c3ccc(OC(F)F)cc3)C2=O)cc1. The lowest BCUT2D eigenvalue weighted by Crippen LogP contribution is -2.45. The number of halogens is 5. The van der Waals surface area contributed by atoms with E-state index in [9.17, 15) is 26.7 Å². The molecule has 4 rings (SSSR count). The Morgan fingerprint density at radius 1 is 0.971 bits per heavy atom. The van der Waals surface area contributed by atoms with E-state index in [0.29, 0.717) is 17.0 Å². The number of hydrogen-bond acceptors (Lipinski definition) is 5. The summed E-state index contributed by atoms with van der Waals surface area (Å²) in [7, 11) is 1.51. The zero-order valence-corrected chi connectivity index (χ0v) is 18.2. The van der Waals surface area contributed by atoms with Crippen LogP contribution < -0.4 is 24.6 Å². The molecule has 0 radical (unpaired) electrons. The number of nitrogens with zero attached hydrogens (tertiary/aromatic N) is 3. The summed E-state index contributed by atoms with van der Waals surface area (Å²) in [5.41, 5.74) is 1.37. The summed E-state index contributed by atoms with van der Waals surface area (Å²) in [6.45, 7) is -4.21. The maximum absolute atomic E-state index is 13.6. The molecule has 3 aromatic rings. The van der Waals surface area contributed by atoms with Crippen molar-refractivity contribution < 1.29 is 36.2 Å². The van der Waals surface area contributed by atoms with E-state index in [1.165, 1.54) is 47.2 Å². The number of aromatic nitrogens is 1. The molecular formula is C23H19F5N4O3. The molecule has 2 aromatic carbocycles. The van der Waals surface area contributed by atoms with Crippen LogP contribution >= 0.6 is 0 Å². The second-order valence-corrected chi connectivity index (χ2v) is 7.42. The number of nitrogens with one attached hydrogen (secondary N) is 1. The fraction of sp³-hybridized carbons (Fsp3) is 0.217. The number of alkyl halides is 5. The van der Waals surface area contributed by atoms with Gasteiger partial charge in [-0.15, -0.1) is 0 Å². The Morgan fingerprint density at radius 2 is 1.60 bits per heavy atom. The number of benzene rings is 2. The predicted molar refractivity (Wildman–Crippen MR) is 119 cm³/mol. The standard InChI is InChI=1S/C23H19F5N4O3/c1-34-17-7-3-15(4-8-17)31-12-14-2-11-19(29-13-23(26,27)28)30-20(14)32(22(31)33)16-5-9-18(10-6-16)35-21(24)25/h2-11,21H,12-13H2,1H3,(H,29,30). The minimum Gasteiger partial charge on any atom is -0.497 e. The first-order valence-corrected chi connectivity index (χ1v) is 10.3. The van der Waals surface area contributed by atoms with E-state index in [2.05, 4.69) is 15.0 Å². The molecule has 2 heterocycles. The zero-order chi connectivity index (χ0) is 25.2. The Morgan fingerprint density at radius 3 is 2.20 bits per heavy atom. The van der Waals surface area contributed by atoms with Gasteiger partial charge in [0.15, 0.2) is 0 Å². The number of carbonyl (C=O) groups excluding carboxylic acids is 1. The Labute approximate surface area is 196 Å². The third kappa shape index (κ3) is 5.53. The molecule has 0 fully saturated rings. The Balaban J connectivity index is 1.73. The highest BCUT2D eigenvalue weighted by molar-refractivity contribution is 6.10. The van der Waals surface area contributed by atoms with Crippen molar-refractivity contribution in [3.05, 3.63) is 66.2 Å². The Kier molecular flexibility index (Phi) is 6.63. The van der Waals surface area contributed by atoms with Crippen LogP contribution in [0.1, 0.15) is 5.56 Å². The van der Waals surface area contributed by atoms with Gasteiger partial charge in [-0.25, -0.2) is 14.7 Å². The van der Waals surface area contributed by atoms with Crippen molar-refractivity contribution in [1.29, 1.82) is 0 Å². The number of anilines is 4. The van der Waals surface area contributed by atoms with Crippen molar-refractivity contribution >= 4 is 29.0 Å². The highest BCUT2D eigenvalue weighted by Crippen LogP contribution is 2.37. The number of methoxy groups -OCH3 is 1. The van der Waals surface area contributed by atoms with E-state index >= 15 is 0 Å². The van der Waals surface area contributed by atoms with E-state index in [1.54, 1.807) is 30.3 Å². The fourth-order valence-corrected chi connectivity index (χ4v) is 3.51. The topological polar surface area (TPSA) is 66.9 Å². The summed E-state index contributed by atoms with van der Waals surface area (Å²) in [6.07, 6.45) is -4.46. The second kappa shape index (κ2) is 9.65. The summed E-state index contributed by atoms with van der Waals surface area (Å²) in [6, 6.07) is 14.4. The molecule has 1 N–H and O–H groups in total. The number of fused-ring (bicyclic) bond motifs is 1. The van der Waals surface area contributed by atoms with Gasteiger partial charge in [0.2, 0.25) is 0 Å². The summed E-state index contributed by atoms with van der Waals surface area (Å²) >= 11 is 0. The normalized spacial score (nSPS) is 13.6. The summed E-state index contributed by atoms with van der Waals surface area (Å²) < 4.78 is 72.6. The highest BCUT2D eigenvalue weighted by Gasteiger charge is 2.34. The van der Waals surface area contributed by atoms with Crippen molar-refractivity contribution in [2.24, 2.45) is 0 Å². The van der Waals surface area contributed by atoms with Crippen molar-refractivity contribution in [3.8, 4) is 11.5 Å². The minimum atomic E-state index is -4.46. The van der Waals surface area contributed by atoms with Crippen LogP contribution in [0, 0.1) is 0 Å². The molecule has 12 heteroatoms. The van der Waals surface area contributed by atoms with Crippen LogP contribution in [0.3, 0.4) is 0 Å². The molecule has 1 aliphatic heterocycles.